The number of rotatable bonds is 16. The third kappa shape index (κ3) is 13.9. The fourth-order valence-corrected chi connectivity index (χ4v) is 11.3. The molecule has 0 radical (unpaired) electrons. The van der Waals surface area contributed by atoms with Crippen molar-refractivity contribution in [1.29, 1.82) is 0 Å². The predicted molar refractivity (Wildman–Crippen MR) is 340 cm³/mol. The molecule has 9 rings (SSSR count). The number of hydrogen-bond donors (Lipinski definition) is 0. The molecule has 3 aromatic carbocycles. The molecule has 0 unspecified atom stereocenters. The summed E-state index contributed by atoms with van der Waals surface area (Å²) in [5.41, 5.74) is 18.7. The normalized spacial score (nSPS) is 11.1. The summed E-state index contributed by atoms with van der Waals surface area (Å²) in [5.74, 6) is 1.13. The lowest BCUT2D eigenvalue weighted by atomic mass is 10.0. The van der Waals surface area contributed by atoms with E-state index in [1.54, 1.807) is 7.11 Å². The molecule has 0 fully saturated rings. The van der Waals surface area contributed by atoms with E-state index in [1.165, 1.54) is 14.7 Å². The molecule has 0 atom stereocenters. The van der Waals surface area contributed by atoms with Crippen LogP contribution in [0.15, 0.2) is 78.9 Å². The summed E-state index contributed by atoms with van der Waals surface area (Å²) < 4.78 is 13.1. The minimum absolute atomic E-state index is 0.0883. The number of aromatic nitrogens is 9. The lowest BCUT2D eigenvalue weighted by Crippen LogP contribution is -2.31. The van der Waals surface area contributed by atoms with Gasteiger partial charge >= 0.3 is 0 Å². The van der Waals surface area contributed by atoms with Crippen LogP contribution < -0.4 is 4.74 Å². The number of hydrogen-bond acceptors (Lipinski definition) is 10. The molecule has 0 saturated heterocycles. The van der Waals surface area contributed by atoms with Crippen LogP contribution in [0.25, 0.3) is 50.7 Å². The molecule has 3 amide bonds. The van der Waals surface area contributed by atoms with Gasteiger partial charge < -0.3 is 19.4 Å². The fraction of sp³-hybridized carbons (Fsp3) is 0.381. The quantitative estimate of drug-likeness (QED) is 0.0852. The maximum Gasteiger partial charge on any atom is 0.227 e. The Kier molecular flexibility index (Phi) is 20.8. The highest BCUT2D eigenvalue weighted by Crippen LogP contribution is 2.33. The van der Waals surface area contributed by atoms with Gasteiger partial charge in [-0.2, -0.15) is 15.3 Å². The van der Waals surface area contributed by atoms with Crippen LogP contribution in [0.1, 0.15) is 104 Å². The van der Waals surface area contributed by atoms with Crippen molar-refractivity contribution in [2.75, 3.05) is 46.4 Å². The maximum atomic E-state index is 12.9. The van der Waals surface area contributed by atoms with E-state index >= 15 is 0 Å². The number of halogens is 2. The second-order valence-corrected chi connectivity index (χ2v) is 22.5. The lowest BCUT2D eigenvalue weighted by Gasteiger charge is -2.18. The molecule has 426 valence electrons. The lowest BCUT2D eigenvalue weighted by molar-refractivity contribution is -0.130. The van der Waals surface area contributed by atoms with Gasteiger partial charge in [-0.1, -0.05) is 42.0 Å². The third-order valence-electron chi connectivity index (χ3n) is 14.5. The molecule has 0 aliphatic heterocycles. The molecule has 0 bridgehead atoms. The highest BCUT2D eigenvalue weighted by Gasteiger charge is 2.26. The van der Waals surface area contributed by atoms with Crippen LogP contribution in [0.5, 0.6) is 5.75 Å². The molecule has 0 saturated carbocycles. The summed E-state index contributed by atoms with van der Waals surface area (Å²) in [6.07, 6.45) is 0.893. The minimum atomic E-state index is 0.0883. The van der Waals surface area contributed by atoms with Crippen molar-refractivity contribution in [3.8, 4) is 39.5 Å². The summed E-state index contributed by atoms with van der Waals surface area (Å²) in [4.78, 5) is 58.2. The summed E-state index contributed by atoms with van der Waals surface area (Å²) >= 11 is 4.59. The second kappa shape index (κ2) is 27.3. The number of carbonyl (C=O) groups is 3. The molecule has 18 heteroatoms. The Morgan fingerprint density at radius 1 is 0.444 bits per heavy atom. The van der Waals surface area contributed by atoms with E-state index in [-0.39, 0.29) is 24.1 Å². The molecule has 0 spiro atoms. The first kappa shape index (κ1) is 61.8. The number of carbonyl (C=O) groups excluding carboxylic acids is 3. The number of ether oxygens (including phenoxy) is 1. The van der Waals surface area contributed by atoms with Gasteiger partial charge in [0.2, 0.25) is 17.7 Å². The van der Waals surface area contributed by atoms with Gasteiger partial charge in [0.15, 0.2) is 16.9 Å². The first-order chi connectivity index (χ1) is 38.7. The van der Waals surface area contributed by atoms with Crippen molar-refractivity contribution in [3.63, 3.8) is 0 Å². The van der Waals surface area contributed by atoms with Gasteiger partial charge in [0.05, 0.1) is 47.0 Å². The van der Waals surface area contributed by atoms with Crippen molar-refractivity contribution in [1.82, 2.24) is 58.5 Å². The molecule has 0 aliphatic rings. The van der Waals surface area contributed by atoms with Gasteiger partial charge in [0.1, 0.15) is 5.75 Å². The van der Waals surface area contributed by atoms with Gasteiger partial charge in [-0.25, -0.2) is 28.5 Å². The number of benzene rings is 3. The van der Waals surface area contributed by atoms with Crippen LogP contribution in [0.4, 0.5) is 0 Å². The van der Waals surface area contributed by atoms with E-state index in [0.717, 1.165) is 111 Å². The van der Waals surface area contributed by atoms with Crippen LogP contribution in [0.3, 0.4) is 0 Å². The number of likely N-dealkylation sites (N-methyl/N-ethyl adjacent to an activating group) is 3. The number of fused-ring (bicyclic) bond motifs is 3. The zero-order chi connectivity index (χ0) is 59.0. The smallest absolute Gasteiger partial charge is 0.227 e. The number of nitrogens with zero attached hydrogens (tertiary/aromatic N) is 12. The average molecular weight is 1320 g/mol. The Morgan fingerprint density at radius 2 is 0.765 bits per heavy atom. The van der Waals surface area contributed by atoms with E-state index in [2.05, 4.69) is 101 Å². The van der Waals surface area contributed by atoms with E-state index < -0.39 is 0 Å². The zero-order valence-electron chi connectivity index (χ0n) is 49.6. The van der Waals surface area contributed by atoms with E-state index in [4.69, 9.17) is 35.0 Å². The van der Waals surface area contributed by atoms with E-state index in [0.29, 0.717) is 52.1 Å². The first-order valence-electron chi connectivity index (χ1n) is 27.8. The van der Waals surface area contributed by atoms with Crippen LogP contribution in [-0.4, -0.2) is 123 Å². The predicted octanol–water partition coefficient (Wildman–Crippen LogP) is 12.1. The molecule has 6 heterocycles. The monoisotopic (exact) mass is 1310 g/mol. The second-order valence-electron chi connectivity index (χ2n) is 20.2. The van der Waals surface area contributed by atoms with Gasteiger partial charge in [0.25, 0.3) is 0 Å². The molecule has 9 aromatic rings. The van der Waals surface area contributed by atoms with Crippen LogP contribution in [-0.2, 0) is 33.6 Å². The molecule has 0 aliphatic carbocycles. The van der Waals surface area contributed by atoms with Gasteiger partial charge in [-0.05, 0) is 190 Å². The summed E-state index contributed by atoms with van der Waals surface area (Å²) in [5, 5.41) is 14.5. The first-order valence-corrected chi connectivity index (χ1v) is 29.9. The molecule has 16 nitrogen and oxygen atoms in total. The Morgan fingerprint density at radius 3 is 1.09 bits per heavy atom. The van der Waals surface area contributed by atoms with Crippen LogP contribution >= 0.6 is 45.2 Å². The minimum Gasteiger partial charge on any atom is -0.496 e. The molecular weight excluding hydrogens is 1240 g/mol. The Hall–Kier alpha value is -6.81. The summed E-state index contributed by atoms with van der Waals surface area (Å²) in [6.45, 7) is 32.3. The molecule has 6 aromatic heterocycles. The van der Waals surface area contributed by atoms with Gasteiger partial charge in [-0.15, -0.1) is 0 Å². The van der Waals surface area contributed by atoms with Crippen LogP contribution in [0, 0.1) is 62.5 Å². The summed E-state index contributed by atoms with van der Waals surface area (Å²) in [7, 11) is 1.66. The zero-order valence-corrected chi connectivity index (χ0v) is 53.9. The number of aryl methyl sites for hydroxylation is 8. The highest BCUT2D eigenvalue weighted by atomic mass is 125. The number of amides is 3. The Balaban J connectivity index is 0.000000175. The molecular formula is C63H76I2N12O4. The largest absolute Gasteiger partial charge is 0.496 e. The Bertz CT molecular complexity index is 3740. The van der Waals surface area contributed by atoms with E-state index in [9.17, 15) is 14.4 Å². The van der Waals surface area contributed by atoms with Gasteiger partial charge in [0, 0.05) is 110 Å². The van der Waals surface area contributed by atoms with Crippen molar-refractivity contribution in [2.45, 2.75) is 116 Å². The van der Waals surface area contributed by atoms with Crippen molar-refractivity contribution < 1.29 is 19.1 Å². The summed E-state index contributed by atoms with van der Waals surface area (Å²) in [6, 6.07) is 26.5. The average Bonchev–Trinajstić information content (AvgIpc) is 4.30. The van der Waals surface area contributed by atoms with Crippen molar-refractivity contribution >= 4 is 79.8 Å². The standard InChI is InChI=1S/C21H25IN4O2.C21H25IN4O.C21H26N4O/c1-6-25(7-2)19(27)12-16-20(15-8-9-18(28-5)17(22)11-15)24-26-14(4)10-13(3)23-21(16)26;1-6-25(7-2)19(27)12-17-20(16-9-8-13(3)18(22)11-16)24-26-15(5)10-14(4)23-21(17)26;1-6-24(7-2)19(26)13-18-20(17-10-8-14(3)9-11-17)23-25-16(5)12-15(4)22-21(18)25/h8-11H,6-7,12H2,1-5H3;8-11H,6-7,12H2,1-5H3;8-12H,6-7,13H2,1-5H3/i2*22-2;. The number of methoxy groups -OCH3 is 1. The fourth-order valence-electron chi connectivity index (χ4n) is 10.1. The third-order valence-corrected chi connectivity index (χ3v) is 16.5. The molecule has 81 heavy (non-hydrogen) atoms. The SMILES string of the molecule is CCN(CC)C(=O)Cc1c(-c2ccc(C)c([125I])c2)nn2c(C)cc(C)nc12.CCN(CC)C(=O)Cc1c(-c2ccc(C)cc2)nn2c(C)cc(C)nc12.CCN(CC)C(=O)Cc1c(-c2ccc(OC)c([125I])c2)nn2c(C)cc(C)nc12. The Labute approximate surface area is 504 Å². The van der Waals surface area contributed by atoms with Gasteiger partial charge in [-0.3, -0.25) is 14.4 Å². The highest BCUT2D eigenvalue weighted by molar-refractivity contribution is 14.1. The van der Waals surface area contributed by atoms with Crippen molar-refractivity contribution in [3.05, 3.63) is 148 Å². The molecule has 0 N–H and O–H groups in total. The topological polar surface area (TPSA) is 161 Å². The van der Waals surface area contributed by atoms with E-state index in [1.807, 2.05) is 148 Å². The van der Waals surface area contributed by atoms with Crippen molar-refractivity contribution in [2.24, 2.45) is 0 Å². The maximum absolute atomic E-state index is 12.9. The van der Waals surface area contributed by atoms with Crippen LogP contribution in [0.2, 0.25) is 0 Å².